The molecule has 0 heterocycles. The van der Waals surface area contributed by atoms with Crippen molar-refractivity contribution >= 4 is 5.97 Å². The third kappa shape index (κ3) is 4.12. The van der Waals surface area contributed by atoms with Gasteiger partial charge in [-0.25, -0.2) is 0 Å². The summed E-state index contributed by atoms with van der Waals surface area (Å²) in [6.07, 6.45) is 4.48. The topological polar surface area (TPSA) is 38.3 Å². The maximum absolute atomic E-state index is 11.4. The predicted octanol–water partition coefficient (Wildman–Crippen LogP) is 2.35. The van der Waals surface area contributed by atoms with Crippen LogP contribution in [-0.4, -0.2) is 25.2 Å². The van der Waals surface area contributed by atoms with Crippen molar-refractivity contribution in [3.05, 3.63) is 0 Å². The molecular formula is C13H25NO2. The highest BCUT2D eigenvalue weighted by atomic mass is 16.5. The molecule has 0 aliphatic heterocycles. The van der Waals surface area contributed by atoms with E-state index in [-0.39, 0.29) is 5.97 Å². The van der Waals surface area contributed by atoms with Crippen LogP contribution in [0.5, 0.6) is 0 Å². The van der Waals surface area contributed by atoms with Crippen molar-refractivity contribution < 1.29 is 9.53 Å². The molecule has 1 fully saturated rings. The number of carbonyl (C=O) groups is 1. The average molecular weight is 227 g/mol. The zero-order chi connectivity index (χ0) is 12.0. The number of hydrogen-bond acceptors (Lipinski definition) is 3. The first kappa shape index (κ1) is 13.5. The molecule has 0 spiro atoms. The normalized spacial score (nSPS) is 29.3. The van der Waals surface area contributed by atoms with Gasteiger partial charge in [0.25, 0.3) is 0 Å². The summed E-state index contributed by atoms with van der Waals surface area (Å²) in [5.74, 6) is 1.33. The van der Waals surface area contributed by atoms with Crippen LogP contribution in [-0.2, 0) is 9.53 Å². The maximum atomic E-state index is 11.4. The second-order valence-corrected chi connectivity index (χ2v) is 4.98. The van der Waals surface area contributed by atoms with Gasteiger partial charge in [0.15, 0.2) is 0 Å². The molecule has 3 heteroatoms. The number of rotatable bonds is 6. The van der Waals surface area contributed by atoms with Gasteiger partial charge >= 0.3 is 5.97 Å². The monoisotopic (exact) mass is 227 g/mol. The Bertz CT molecular complexity index is 218. The summed E-state index contributed by atoms with van der Waals surface area (Å²) in [5, 5.41) is 3.31. The molecular weight excluding hydrogens is 202 g/mol. The van der Waals surface area contributed by atoms with Gasteiger partial charge in [0.05, 0.1) is 13.2 Å². The van der Waals surface area contributed by atoms with Crippen LogP contribution in [0.15, 0.2) is 0 Å². The highest BCUT2D eigenvalue weighted by Gasteiger charge is 2.29. The molecule has 0 radical (unpaired) electrons. The van der Waals surface area contributed by atoms with E-state index in [0.717, 1.165) is 18.8 Å². The van der Waals surface area contributed by atoms with E-state index in [0.29, 0.717) is 25.1 Å². The predicted molar refractivity (Wildman–Crippen MR) is 65.2 cm³/mol. The quantitative estimate of drug-likeness (QED) is 0.559. The summed E-state index contributed by atoms with van der Waals surface area (Å²) < 4.78 is 5.10. The molecule has 16 heavy (non-hydrogen) atoms. The molecule has 1 saturated carbocycles. The van der Waals surface area contributed by atoms with E-state index in [2.05, 4.69) is 26.1 Å². The average Bonchev–Trinajstić information content (AvgIpc) is 2.58. The minimum absolute atomic E-state index is 0.111. The van der Waals surface area contributed by atoms with Crippen molar-refractivity contribution in [3.63, 3.8) is 0 Å². The second kappa shape index (κ2) is 6.89. The zero-order valence-electron chi connectivity index (χ0n) is 10.8. The van der Waals surface area contributed by atoms with Gasteiger partial charge < -0.3 is 10.1 Å². The minimum Gasteiger partial charge on any atom is -0.465 e. The van der Waals surface area contributed by atoms with Crippen molar-refractivity contribution in [2.45, 2.75) is 52.5 Å². The van der Waals surface area contributed by atoms with Gasteiger partial charge in [0.1, 0.15) is 0 Å². The standard InChI is InChI=1S/C13H25NO2/c1-4-5-8-16-13(15)9-14-12-7-6-10(2)11(12)3/h10-12,14H,4-9H2,1-3H3. The van der Waals surface area contributed by atoms with Crippen molar-refractivity contribution in [1.82, 2.24) is 5.32 Å². The van der Waals surface area contributed by atoms with Crippen LogP contribution in [0.3, 0.4) is 0 Å². The lowest BCUT2D eigenvalue weighted by Crippen LogP contribution is -2.36. The van der Waals surface area contributed by atoms with Crippen molar-refractivity contribution in [2.75, 3.05) is 13.2 Å². The fourth-order valence-corrected chi connectivity index (χ4v) is 2.25. The van der Waals surface area contributed by atoms with Gasteiger partial charge in [-0.3, -0.25) is 4.79 Å². The zero-order valence-corrected chi connectivity index (χ0v) is 10.8. The lowest BCUT2D eigenvalue weighted by molar-refractivity contribution is -0.142. The first-order chi connectivity index (χ1) is 7.65. The molecule has 0 aromatic heterocycles. The first-order valence-electron chi connectivity index (χ1n) is 6.54. The largest absolute Gasteiger partial charge is 0.465 e. The number of ether oxygens (including phenoxy) is 1. The van der Waals surface area contributed by atoms with Gasteiger partial charge in [0.2, 0.25) is 0 Å². The summed E-state index contributed by atoms with van der Waals surface area (Å²) in [6, 6.07) is 0.494. The molecule has 94 valence electrons. The van der Waals surface area contributed by atoms with E-state index in [1.807, 2.05) is 0 Å². The van der Waals surface area contributed by atoms with Crippen LogP contribution in [0.2, 0.25) is 0 Å². The van der Waals surface area contributed by atoms with Crippen LogP contribution < -0.4 is 5.32 Å². The Morgan fingerprint density at radius 3 is 2.69 bits per heavy atom. The summed E-state index contributed by atoms with van der Waals surface area (Å²) in [6.45, 7) is 7.57. The SMILES string of the molecule is CCCCOC(=O)CNC1CCC(C)C1C. The van der Waals surface area contributed by atoms with Crippen LogP contribution in [0, 0.1) is 11.8 Å². The number of esters is 1. The second-order valence-electron chi connectivity index (χ2n) is 4.98. The smallest absolute Gasteiger partial charge is 0.319 e. The summed E-state index contributed by atoms with van der Waals surface area (Å²) >= 11 is 0. The molecule has 0 amide bonds. The Kier molecular flexibility index (Phi) is 5.81. The van der Waals surface area contributed by atoms with Gasteiger partial charge in [0, 0.05) is 6.04 Å². The Labute approximate surface area is 98.9 Å². The van der Waals surface area contributed by atoms with Crippen LogP contribution in [0.4, 0.5) is 0 Å². The molecule has 3 nitrogen and oxygen atoms in total. The number of unbranched alkanes of at least 4 members (excludes halogenated alkanes) is 1. The molecule has 1 N–H and O–H groups in total. The highest BCUT2D eigenvalue weighted by molar-refractivity contribution is 5.71. The molecule has 3 unspecified atom stereocenters. The van der Waals surface area contributed by atoms with Crippen LogP contribution in [0.1, 0.15) is 46.5 Å². The Morgan fingerprint density at radius 2 is 2.12 bits per heavy atom. The number of carbonyl (C=O) groups excluding carboxylic acids is 1. The van der Waals surface area contributed by atoms with E-state index in [4.69, 9.17) is 4.74 Å². The third-order valence-corrected chi connectivity index (χ3v) is 3.73. The highest BCUT2D eigenvalue weighted by Crippen LogP contribution is 2.30. The first-order valence-corrected chi connectivity index (χ1v) is 6.54. The van der Waals surface area contributed by atoms with Gasteiger partial charge in [-0.1, -0.05) is 27.2 Å². The summed E-state index contributed by atoms with van der Waals surface area (Å²) in [4.78, 5) is 11.4. The van der Waals surface area contributed by atoms with Gasteiger partial charge in [-0.2, -0.15) is 0 Å². The van der Waals surface area contributed by atoms with E-state index >= 15 is 0 Å². The molecule has 1 aliphatic carbocycles. The molecule has 1 rings (SSSR count). The Balaban J connectivity index is 2.12. The molecule has 0 bridgehead atoms. The molecule has 0 saturated heterocycles. The van der Waals surface area contributed by atoms with E-state index in [1.165, 1.54) is 12.8 Å². The van der Waals surface area contributed by atoms with Crippen LogP contribution in [0.25, 0.3) is 0 Å². The third-order valence-electron chi connectivity index (χ3n) is 3.73. The van der Waals surface area contributed by atoms with E-state index in [1.54, 1.807) is 0 Å². The van der Waals surface area contributed by atoms with Crippen molar-refractivity contribution in [2.24, 2.45) is 11.8 Å². The lowest BCUT2D eigenvalue weighted by atomic mass is 9.98. The fourth-order valence-electron chi connectivity index (χ4n) is 2.25. The lowest BCUT2D eigenvalue weighted by Gasteiger charge is -2.19. The molecule has 3 atom stereocenters. The number of nitrogens with one attached hydrogen (secondary N) is 1. The van der Waals surface area contributed by atoms with Crippen LogP contribution >= 0.6 is 0 Å². The Hall–Kier alpha value is -0.570. The van der Waals surface area contributed by atoms with Crippen molar-refractivity contribution in [1.29, 1.82) is 0 Å². The molecule has 1 aliphatic rings. The summed E-state index contributed by atoms with van der Waals surface area (Å²) in [5.41, 5.74) is 0. The van der Waals surface area contributed by atoms with E-state index in [9.17, 15) is 4.79 Å². The van der Waals surface area contributed by atoms with Crippen molar-refractivity contribution in [3.8, 4) is 0 Å². The maximum Gasteiger partial charge on any atom is 0.319 e. The number of hydrogen-bond donors (Lipinski definition) is 1. The van der Waals surface area contributed by atoms with Gasteiger partial charge in [-0.15, -0.1) is 0 Å². The van der Waals surface area contributed by atoms with Gasteiger partial charge in [-0.05, 0) is 31.1 Å². The molecule has 0 aromatic carbocycles. The Morgan fingerprint density at radius 1 is 1.38 bits per heavy atom. The molecule has 0 aromatic rings. The fraction of sp³-hybridized carbons (Fsp3) is 0.923. The van der Waals surface area contributed by atoms with E-state index < -0.39 is 0 Å². The minimum atomic E-state index is -0.111. The summed E-state index contributed by atoms with van der Waals surface area (Å²) in [7, 11) is 0.